The van der Waals surface area contributed by atoms with Gasteiger partial charge in [0.25, 0.3) is 0 Å². The highest BCUT2D eigenvalue weighted by Crippen LogP contribution is 2.40. The molecular weight excluding hydrogens is 950 g/mol. The molecule has 1 aliphatic heterocycles. The number of carbonyl (C=O) groups excluding carboxylic acids is 2. The van der Waals surface area contributed by atoms with Crippen molar-refractivity contribution in [3.8, 4) is 0 Å². The van der Waals surface area contributed by atoms with Gasteiger partial charge in [0.15, 0.2) is 37.9 Å². The van der Waals surface area contributed by atoms with Gasteiger partial charge in [-0.3, -0.25) is 0 Å². The predicted octanol–water partition coefficient (Wildman–Crippen LogP) is 7.91. The molecule has 2 aromatic heterocycles. The summed E-state index contributed by atoms with van der Waals surface area (Å²) in [5.41, 5.74) is 3.26. The number of halogens is 2. The van der Waals surface area contributed by atoms with Crippen molar-refractivity contribution >= 4 is 11.9 Å². The molecule has 3 aromatic rings. The van der Waals surface area contributed by atoms with Gasteiger partial charge in [-0.1, -0.05) is 223 Å². The minimum atomic E-state index is -0.659. The molecular formula is C57H87Br2N3O4. The number of nitrogens with zero attached hydrogens (tertiary/aromatic N) is 2. The van der Waals surface area contributed by atoms with Crippen LogP contribution in [0.4, 0.5) is 0 Å². The van der Waals surface area contributed by atoms with Gasteiger partial charge < -0.3 is 48.8 Å². The van der Waals surface area contributed by atoms with Crippen molar-refractivity contribution in [1.29, 1.82) is 0 Å². The van der Waals surface area contributed by atoms with E-state index in [4.69, 9.17) is 9.47 Å². The van der Waals surface area contributed by atoms with Gasteiger partial charge in [0, 0.05) is 24.3 Å². The molecule has 0 unspecified atom stereocenters. The number of pyridine rings is 2. The molecule has 66 heavy (non-hydrogen) atoms. The number of rotatable bonds is 37. The smallest absolute Gasteiger partial charge is 0.337 e. The van der Waals surface area contributed by atoms with Crippen LogP contribution >= 0.6 is 0 Å². The number of esters is 2. The zero-order valence-electron chi connectivity index (χ0n) is 41.1. The third kappa shape index (κ3) is 24.1. The lowest BCUT2D eigenvalue weighted by Crippen LogP contribution is -3.00. The van der Waals surface area contributed by atoms with Gasteiger partial charge in [-0.25, -0.2) is 9.59 Å². The number of hydrogen-bond acceptors (Lipinski definition) is 5. The summed E-state index contributed by atoms with van der Waals surface area (Å²) in [6.45, 7) is 6.08. The van der Waals surface area contributed by atoms with Crippen LogP contribution in [-0.4, -0.2) is 25.2 Å². The van der Waals surface area contributed by atoms with Crippen LogP contribution in [0.1, 0.15) is 205 Å². The van der Waals surface area contributed by atoms with E-state index in [0.29, 0.717) is 37.4 Å². The van der Waals surface area contributed by atoms with E-state index in [1.165, 1.54) is 141 Å². The Morgan fingerprint density at radius 3 is 1.03 bits per heavy atom. The number of allylic oxidation sites excluding steroid dienone is 2. The Morgan fingerprint density at radius 1 is 0.424 bits per heavy atom. The lowest BCUT2D eigenvalue weighted by molar-refractivity contribution is -0.692. The fraction of sp³-hybridized carbons (Fsp3) is 0.614. The van der Waals surface area contributed by atoms with Crippen molar-refractivity contribution in [2.75, 3.05) is 13.2 Å². The zero-order valence-corrected chi connectivity index (χ0v) is 44.3. The number of aromatic nitrogens is 2. The number of carbonyl (C=O) groups is 2. The minimum Gasteiger partial charge on any atom is -1.00 e. The summed E-state index contributed by atoms with van der Waals surface area (Å²) in [6.07, 6.45) is 43.6. The van der Waals surface area contributed by atoms with Crippen LogP contribution in [0.15, 0.2) is 114 Å². The third-order valence-electron chi connectivity index (χ3n) is 12.8. The summed E-state index contributed by atoms with van der Waals surface area (Å²) in [6, 6.07) is 21.9. The Kier molecular flexibility index (Phi) is 34.4. The highest BCUT2D eigenvalue weighted by atomic mass is 79.9. The molecule has 0 spiro atoms. The Hall–Kier alpha value is -3.30. The molecule has 0 saturated heterocycles. The van der Waals surface area contributed by atoms with E-state index in [-0.39, 0.29) is 45.9 Å². The molecule has 7 nitrogen and oxygen atoms in total. The first-order chi connectivity index (χ1) is 31.6. The molecule has 0 amide bonds. The fourth-order valence-corrected chi connectivity index (χ4v) is 9.04. The van der Waals surface area contributed by atoms with Gasteiger partial charge in [0.05, 0.1) is 41.7 Å². The van der Waals surface area contributed by atoms with Crippen LogP contribution in [-0.2, 0) is 32.2 Å². The topological polar surface area (TPSA) is 72.4 Å². The predicted molar refractivity (Wildman–Crippen MR) is 262 cm³/mol. The van der Waals surface area contributed by atoms with E-state index in [1.54, 1.807) is 0 Å². The van der Waals surface area contributed by atoms with Gasteiger partial charge in [-0.05, 0) is 18.4 Å². The maximum atomic E-state index is 14.5. The molecule has 1 N–H and O–H groups in total. The van der Waals surface area contributed by atoms with Crippen molar-refractivity contribution in [1.82, 2.24) is 5.32 Å². The standard InChI is InChI=1S/C57H86N3O4.2BrH/c1-3-5-7-9-11-13-15-17-19-21-23-25-27-38-46-63-56(61)54-51(48-59-42-34-30-35-43-59)58-52(49-60-44-36-31-37-45-60)55(53(54)50-40-32-29-33-41-50)57(62)64-47-39-28-26-24-22-20-18-16-14-12-10-8-6-4-2;;/h29-37,40-45,53H,3-28,38-39,46-49H2,1-2H3;2*1H/q+1;;/p-1. The van der Waals surface area contributed by atoms with Crippen molar-refractivity contribution in [3.05, 3.63) is 120 Å². The zero-order chi connectivity index (χ0) is 45.1. The Balaban J connectivity index is 0.00000748. The summed E-state index contributed by atoms with van der Waals surface area (Å²) in [5, 5.41) is 3.64. The van der Waals surface area contributed by atoms with E-state index in [0.717, 1.165) is 55.5 Å². The molecule has 0 atom stereocenters. The van der Waals surface area contributed by atoms with E-state index < -0.39 is 5.92 Å². The lowest BCUT2D eigenvalue weighted by Gasteiger charge is -2.31. The van der Waals surface area contributed by atoms with Crippen molar-refractivity contribution in [2.24, 2.45) is 0 Å². The average Bonchev–Trinajstić information content (AvgIpc) is 3.32. The molecule has 0 fully saturated rings. The summed E-state index contributed by atoms with van der Waals surface area (Å²) in [7, 11) is 0. The molecule has 1 aliphatic rings. The monoisotopic (exact) mass is 1040 g/mol. The second kappa shape index (κ2) is 38.6. The van der Waals surface area contributed by atoms with Gasteiger partial charge in [0.1, 0.15) is 0 Å². The van der Waals surface area contributed by atoms with Crippen LogP contribution in [0.25, 0.3) is 0 Å². The molecule has 3 heterocycles. The van der Waals surface area contributed by atoms with Crippen LogP contribution in [0.3, 0.4) is 0 Å². The molecule has 0 radical (unpaired) electrons. The van der Waals surface area contributed by atoms with E-state index in [2.05, 4.69) is 28.3 Å². The molecule has 1 aromatic carbocycles. The van der Waals surface area contributed by atoms with E-state index in [1.807, 2.05) is 91.5 Å². The van der Waals surface area contributed by atoms with Gasteiger partial charge in [-0.2, -0.15) is 9.13 Å². The summed E-state index contributed by atoms with van der Waals surface area (Å²) in [5.74, 6) is -1.42. The van der Waals surface area contributed by atoms with Gasteiger partial charge >= 0.3 is 11.9 Å². The van der Waals surface area contributed by atoms with Crippen molar-refractivity contribution in [3.63, 3.8) is 0 Å². The highest BCUT2D eigenvalue weighted by Gasteiger charge is 2.41. The molecule has 9 heteroatoms. The Bertz CT molecular complexity index is 1630. The maximum absolute atomic E-state index is 14.5. The van der Waals surface area contributed by atoms with Crippen LogP contribution in [0, 0.1) is 0 Å². The number of dihydropyridines is 1. The second-order valence-electron chi connectivity index (χ2n) is 18.3. The van der Waals surface area contributed by atoms with Crippen LogP contribution in [0.5, 0.6) is 0 Å². The number of hydrogen-bond donors (Lipinski definition) is 1. The number of benzene rings is 1. The van der Waals surface area contributed by atoms with Gasteiger partial charge in [-0.15, -0.1) is 0 Å². The van der Waals surface area contributed by atoms with E-state index >= 15 is 0 Å². The first-order valence-electron chi connectivity index (χ1n) is 26.1. The number of nitrogens with one attached hydrogen (secondary N) is 1. The second-order valence-corrected chi connectivity index (χ2v) is 18.3. The summed E-state index contributed by atoms with van der Waals surface area (Å²) < 4.78 is 16.4. The summed E-state index contributed by atoms with van der Waals surface area (Å²) in [4.78, 5) is 29.1. The molecule has 4 rings (SSSR count). The van der Waals surface area contributed by atoms with Crippen LogP contribution in [0.2, 0.25) is 0 Å². The first kappa shape index (κ1) is 58.8. The summed E-state index contributed by atoms with van der Waals surface area (Å²) >= 11 is 0. The van der Waals surface area contributed by atoms with Crippen molar-refractivity contribution in [2.45, 2.75) is 213 Å². The van der Waals surface area contributed by atoms with Crippen molar-refractivity contribution < 1.29 is 62.2 Å². The van der Waals surface area contributed by atoms with E-state index in [9.17, 15) is 9.59 Å². The largest absolute Gasteiger partial charge is 1.00 e. The fourth-order valence-electron chi connectivity index (χ4n) is 9.04. The Labute approximate surface area is 422 Å². The minimum absolute atomic E-state index is 0. The SMILES string of the molecule is CCCCCCCCCCCCCCCCOC(=O)C1=C(C[n+]2ccccc2)NC(C[n+]2ccccc2)=C(C(=O)OCCCCCCCCCCCCCCCC)C1c1ccccc1.[Br-].[Br-]. The third-order valence-corrected chi connectivity index (χ3v) is 12.8. The highest BCUT2D eigenvalue weighted by molar-refractivity contribution is 6.00. The normalized spacial score (nSPS) is 12.6. The lowest BCUT2D eigenvalue weighted by atomic mass is 9.80. The molecule has 0 bridgehead atoms. The quantitative estimate of drug-likeness (QED) is 0.0362. The van der Waals surface area contributed by atoms with Gasteiger partial charge in [0.2, 0.25) is 0 Å². The Morgan fingerprint density at radius 2 is 0.712 bits per heavy atom. The molecule has 0 aliphatic carbocycles. The maximum Gasteiger partial charge on any atom is 0.337 e. The van der Waals surface area contributed by atoms with Crippen LogP contribution < -0.4 is 48.4 Å². The number of ether oxygens (including phenoxy) is 2. The first-order valence-corrected chi connectivity index (χ1v) is 26.1. The molecule has 0 saturated carbocycles. The average molecular weight is 1040 g/mol. The number of unbranched alkanes of at least 4 members (excludes halogenated alkanes) is 26. The molecule has 368 valence electrons.